The van der Waals surface area contributed by atoms with Crippen molar-refractivity contribution >= 4 is 0 Å². The minimum Gasteiger partial charge on any atom is -0.376 e. The van der Waals surface area contributed by atoms with Crippen LogP contribution in [0.5, 0.6) is 0 Å². The van der Waals surface area contributed by atoms with Crippen LogP contribution in [0, 0.1) is 5.92 Å². The van der Waals surface area contributed by atoms with Gasteiger partial charge in [-0.25, -0.2) is 0 Å². The Labute approximate surface area is 74.4 Å². The lowest BCUT2D eigenvalue weighted by Crippen LogP contribution is -2.08. The summed E-state index contributed by atoms with van der Waals surface area (Å²) in [6.07, 6.45) is 0.228. The van der Waals surface area contributed by atoms with Crippen molar-refractivity contribution in [2.45, 2.75) is 20.0 Å². The lowest BCUT2D eigenvalue weighted by molar-refractivity contribution is 0.0646. The highest BCUT2D eigenvalue weighted by atomic mass is 16.5. The van der Waals surface area contributed by atoms with E-state index in [-0.39, 0.29) is 6.10 Å². The van der Waals surface area contributed by atoms with Gasteiger partial charge >= 0.3 is 0 Å². The van der Waals surface area contributed by atoms with Crippen LogP contribution in [0.1, 0.15) is 25.5 Å². The molecule has 1 rings (SSSR count). The average molecular weight is 164 g/mol. The maximum atomic E-state index is 5.40. The summed E-state index contributed by atoms with van der Waals surface area (Å²) in [5, 5.41) is 0. The van der Waals surface area contributed by atoms with E-state index in [1.807, 2.05) is 18.2 Å². The third-order valence-electron chi connectivity index (χ3n) is 1.99. The Hall–Kier alpha value is -0.820. The summed E-state index contributed by atoms with van der Waals surface area (Å²) in [6.45, 7) is 4.34. The second-order valence-electron chi connectivity index (χ2n) is 3.31. The zero-order valence-electron chi connectivity index (χ0n) is 7.95. The first-order valence-electron chi connectivity index (χ1n) is 4.33. The lowest BCUT2D eigenvalue weighted by atomic mass is 9.99. The summed E-state index contributed by atoms with van der Waals surface area (Å²) >= 11 is 0. The molecule has 0 N–H and O–H groups in total. The van der Waals surface area contributed by atoms with Gasteiger partial charge in [0.25, 0.3) is 0 Å². The van der Waals surface area contributed by atoms with Crippen LogP contribution in [-0.2, 0) is 4.74 Å². The van der Waals surface area contributed by atoms with Gasteiger partial charge in [-0.15, -0.1) is 0 Å². The topological polar surface area (TPSA) is 9.23 Å². The van der Waals surface area contributed by atoms with E-state index in [4.69, 9.17) is 4.74 Å². The molecule has 0 aliphatic heterocycles. The van der Waals surface area contributed by atoms with Crippen molar-refractivity contribution in [2.24, 2.45) is 5.92 Å². The van der Waals surface area contributed by atoms with Gasteiger partial charge in [0.1, 0.15) is 0 Å². The van der Waals surface area contributed by atoms with Crippen LogP contribution in [0.25, 0.3) is 0 Å². The third-order valence-corrected chi connectivity index (χ3v) is 1.99. The van der Waals surface area contributed by atoms with Crippen LogP contribution >= 0.6 is 0 Å². The molecule has 0 radical (unpaired) electrons. The van der Waals surface area contributed by atoms with Crippen molar-refractivity contribution in [2.75, 3.05) is 7.11 Å². The molecule has 12 heavy (non-hydrogen) atoms. The highest BCUT2D eigenvalue weighted by Crippen LogP contribution is 2.24. The Morgan fingerprint density at radius 2 is 1.67 bits per heavy atom. The number of benzene rings is 1. The molecule has 0 aromatic heterocycles. The van der Waals surface area contributed by atoms with E-state index >= 15 is 0 Å². The molecule has 1 aromatic carbocycles. The van der Waals surface area contributed by atoms with Gasteiger partial charge in [-0.2, -0.15) is 0 Å². The minimum atomic E-state index is 0.228. The van der Waals surface area contributed by atoms with Crippen molar-refractivity contribution < 1.29 is 4.74 Å². The Balaban J connectivity index is 2.80. The highest BCUT2D eigenvalue weighted by Gasteiger charge is 2.13. The van der Waals surface area contributed by atoms with Gasteiger partial charge in [0.2, 0.25) is 0 Å². The van der Waals surface area contributed by atoms with E-state index in [9.17, 15) is 0 Å². The van der Waals surface area contributed by atoms with Crippen molar-refractivity contribution in [1.82, 2.24) is 0 Å². The van der Waals surface area contributed by atoms with E-state index in [0.29, 0.717) is 5.92 Å². The van der Waals surface area contributed by atoms with E-state index in [0.717, 1.165) is 0 Å². The Bertz CT molecular complexity index is 216. The van der Waals surface area contributed by atoms with Gasteiger partial charge in [0, 0.05) is 7.11 Å². The van der Waals surface area contributed by atoms with Crippen molar-refractivity contribution in [3.63, 3.8) is 0 Å². The van der Waals surface area contributed by atoms with Gasteiger partial charge < -0.3 is 4.74 Å². The zero-order valence-corrected chi connectivity index (χ0v) is 7.95. The second-order valence-corrected chi connectivity index (χ2v) is 3.31. The summed E-state index contributed by atoms with van der Waals surface area (Å²) < 4.78 is 5.40. The molecule has 1 aromatic rings. The first-order valence-corrected chi connectivity index (χ1v) is 4.33. The standard InChI is InChI=1S/C11H16O/c1-9(2)11(12-3)10-7-5-4-6-8-10/h4-9,11H,1-3H3/t11-/m0/s1. The van der Waals surface area contributed by atoms with E-state index in [2.05, 4.69) is 26.0 Å². The first kappa shape index (κ1) is 9.27. The van der Waals surface area contributed by atoms with Crippen LogP contribution in [0.2, 0.25) is 0 Å². The molecule has 0 spiro atoms. The number of ether oxygens (including phenoxy) is 1. The number of hydrogen-bond donors (Lipinski definition) is 0. The smallest absolute Gasteiger partial charge is 0.0844 e. The monoisotopic (exact) mass is 164 g/mol. The molecule has 0 amide bonds. The maximum absolute atomic E-state index is 5.40. The van der Waals surface area contributed by atoms with Crippen LogP contribution in [0.4, 0.5) is 0 Å². The maximum Gasteiger partial charge on any atom is 0.0844 e. The van der Waals surface area contributed by atoms with Gasteiger partial charge in [-0.1, -0.05) is 44.2 Å². The summed E-state index contributed by atoms with van der Waals surface area (Å²) in [7, 11) is 1.76. The van der Waals surface area contributed by atoms with Crippen molar-refractivity contribution in [3.05, 3.63) is 35.9 Å². The van der Waals surface area contributed by atoms with E-state index < -0.39 is 0 Å². The van der Waals surface area contributed by atoms with Crippen molar-refractivity contribution in [3.8, 4) is 0 Å². The zero-order chi connectivity index (χ0) is 8.97. The molecule has 0 unspecified atom stereocenters. The molecule has 0 heterocycles. The Morgan fingerprint density at radius 1 is 1.08 bits per heavy atom. The van der Waals surface area contributed by atoms with Gasteiger partial charge in [-0.05, 0) is 11.5 Å². The SMILES string of the molecule is CO[C@H](c1ccccc1)C(C)C. The summed E-state index contributed by atoms with van der Waals surface area (Å²) in [4.78, 5) is 0. The third kappa shape index (κ3) is 2.08. The van der Waals surface area contributed by atoms with Crippen LogP contribution < -0.4 is 0 Å². The fraction of sp³-hybridized carbons (Fsp3) is 0.455. The van der Waals surface area contributed by atoms with Gasteiger partial charge in [0.15, 0.2) is 0 Å². The Morgan fingerprint density at radius 3 is 2.08 bits per heavy atom. The molecule has 1 heteroatoms. The molecule has 1 atom stereocenters. The molecular formula is C11H16O. The lowest BCUT2D eigenvalue weighted by Gasteiger charge is -2.19. The highest BCUT2D eigenvalue weighted by molar-refractivity contribution is 5.17. The molecule has 1 nitrogen and oxygen atoms in total. The van der Waals surface area contributed by atoms with E-state index in [1.165, 1.54) is 5.56 Å². The fourth-order valence-corrected chi connectivity index (χ4v) is 1.44. The molecule has 0 aliphatic carbocycles. The summed E-state index contributed by atoms with van der Waals surface area (Å²) in [6, 6.07) is 10.3. The van der Waals surface area contributed by atoms with Crippen LogP contribution in [-0.4, -0.2) is 7.11 Å². The number of methoxy groups -OCH3 is 1. The van der Waals surface area contributed by atoms with Gasteiger partial charge in [0.05, 0.1) is 6.10 Å². The second kappa shape index (κ2) is 4.27. The molecule has 0 fully saturated rings. The number of hydrogen-bond acceptors (Lipinski definition) is 1. The van der Waals surface area contributed by atoms with Gasteiger partial charge in [-0.3, -0.25) is 0 Å². The minimum absolute atomic E-state index is 0.228. The molecule has 0 saturated heterocycles. The van der Waals surface area contributed by atoms with Crippen LogP contribution in [0.3, 0.4) is 0 Å². The largest absolute Gasteiger partial charge is 0.376 e. The predicted octanol–water partition coefficient (Wildman–Crippen LogP) is 3.03. The molecular weight excluding hydrogens is 148 g/mol. The molecule has 0 bridgehead atoms. The summed E-state index contributed by atoms with van der Waals surface area (Å²) in [5.41, 5.74) is 1.26. The quantitative estimate of drug-likeness (QED) is 0.667. The predicted molar refractivity (Wildman–Crippen MR) is 51.0 cm³/mol. The molecule has 0 saturated carbocycles. The average Bonchev–Trinajstić information content (AvgIpc) is 2.07. The normalized spacial score (nSPS) is 13.3. The first-order chi connectivity index (χ1) is 5.75. The Kier molecular flexibility index (Phi) is 3.30. The summed E-state index contributed by atoms with van der Waals surface area (Å²) in [5.74, 6) is 0.525. The molecule has 66 valence electrons. The van der Waals surface area contributed by atoms with E-state index in [1.54, 1.807) is 7.11 Å². The van der Waals surface area contributed by atoms with Crippen LogP contribution in [0.15, 0.2) is 30.3 Å². The number of rotatable bonds is 3. The van der Waals surface area contributed by atoms with Crippen molar-refractivity contribution in [1.29, 1.82) is 0 Å². The molecule has 0 aliphatic rings. The fourth-order valence-electron chi connectivity index (χ4n) is 1.44.